The number of hydrogen-bond acceptors (Lipinski definition) is 1. The van der Waals surface area contributed by atoms with E-state index in [0.717, 1.165) is 5.52 Å². The van der Waals surface area contributed by atoms with Crippen LogP contribution in [0.1, 0.15) is 11.3 Å². The smallest absolute Gasteiger partial charge is 0.0883 e. The average molecular weight is 160 g/mol. The van der Waals surface area contributed by atoms with Gasteiger partial charge in [-0.25, -0.2) is 0 Å². The van der Waals surface area contributed by atoms with E-state index < -0.39 is 0 Å². The summed E-state index contributed by atoms with van der Waals surface area (Å²) in [5.41, 5.74) is 4.76. The second-order valence-corrected chi connectivity index (χ2v) is 3.26. The zero-order valence-corrected chi connectivity index (χ0v) is 7.63. The Labute approximate surface area is 71.8 Å². The van der Waals surface area contributed by atoms with E-state index >= 15 is 0 Å². The molecule has 0 aromatic carbocycles. The standard InChI is InChI=1S/C10H12N2/c1-7-4-10-9(11-6-7)5-8(2)12(10)3/h4-6H,1-3H3. The minimum atomic E-state index is 1.08. The molecule has 62 valence electrons. The van der Waals surface area contributed by atoms with Crippen LogP contribution in [-0.2, 0) is 7.05 Å². The maximum absolute atomic E-state index is 4.34. The van der Waals surface area contributed by atoms with Crippen LogP contribution in [0.15, 0.2) is 18.3 Å². The maximum Gasteiger partial charge on any atom is 0.0883 e. The van der Waals surface area contributed by atoms with Gasteiger partial charge < -0.3 is 4.57 Å². The highest BCUT2D eigenvalue weighted by atomic mass is 15.0. The monoisotopic (exact) mass is 160 g/mol. The first-order valence-electron chi connectivity index (χ1n) is 4.07. The summed E-state index contributed by atoms with van der Waals surface area (Å²) in [6.45, 7) is 4.16. The van der Waals surface area contributed by atoms with E-state index in [1.165, 1.54) is 16.8 Å². The van der Waals surface area contributed by atoms with Gasteiger partial charge in [0.1, 0.15) is 0 Å². The number of aromatic nitrogens is 2. The highest BCUT2D eigenvalue weighted by Gasteiger charge is 2.01. The van der Waals surface area contributed by atoms with Crippen LogP contribution in [0.25, 0.3) is 11.0 Å². The van der Waals surface area contributed by atoms with Crippen molar-refractivity contribution in [3.8, 4) is 0 Å². The molecule has 0 saturated carbocycles. The lowest BCUT2D eigenvalue weighted by Crippen LogP contribution is -1.89. The summed E-state index contributed by atoms with van der Waals surface area (Å²) in [4.78, 5) is 4.34. The molecule has 0 aliphatic rings. The van der Waals surface area contributed by atoms with Gasteiger partial charge in [-0.05, 0) is 31.5 Å². The molecule has 0 N–H and O–H groups in total. The fraction of sp³-hybridized carbons (Fsp3) is 0.300. The molecule has 12 heavy (non-hydrogen) atoms. The minimum absolute atomic E-state index is 1.08. The molecule has 2 aromatic heterocycles. The summed E-state index contributed by atoms with van der Waals surface area (Å²) in [5.74, 6) is 0. The molecular formula is C10H12N2. The molecule has 2 heteroatoms. The van der Waals surface area contributed by atoms with E-state index in [1.54, 1.807) is 0 Å². The highest BCUT2D eigenvalue weighted by Crippen LogP contribution is 2.16. The Balaban J connectivity index is 2.88. The summed E-state index contributed by atoms with van der Waals surface area (Å²) in [5, 5.41) is 0. The molecule has 0 aliphatic carbocycles. The van der Waals surface area contributed by atoms with E-state index in [4.69, 9.17) is 0 Å². The van der Waals surface area contributed by atoms with Crippen LogP contribution in [0.3, 0.4) is 0 Å². The fourth-order valence-corrected chi connectivity index (χ4v) is 1.43. The number of nitrogens with zero attached hydrogens (tertiary/aromatic N) is 2. The maximum atomic E-state index is 4.34. The van der Waals surface area contributed by atoms with E-state index in [1.807, 2.05) is 6.20 Å². The van der Waals surface area contributed by atoms with Crippen molar-refractivity contribution in [1.82, 2.24) is 9.55 Å². The predicted molar refractivity (Wildman–Crippen MR) is 50.2 cm³/mol. The van der Waals surface area contributed by atoms with E-state index in [0.29, 0.717) is 0 Å². The van der Waals surface area contributed by atoms with Crippen LogP contribution in [-0.4, -0.2) is 9.55 Å². The minimum Gasteiger partial charge on any atom is -0.347 e. The third kappa shape index (κ3) is 0.916. The number of rotatable bonds is 0. The Morgan fingerprint density at radius 3 is 2.75 bits per heavy atom. The second kappa shape index (κ2) is 2.34. The lowest BCUT2D eigenvalue weighted by atomic mass is 10.3. The predicted octanol–water partition coefficient (Wildman–Crippen LogP) is 2.19. The molecule has 0 amide bonds. The van der Waals surface area contributed by atoms with Gasteiger partial charge >= 0.3 is 0 Å². The fourth-order valence-electron chi connectivity index (χ4n) is 1.43. The Bertz CT molecular complexity index is 427. The van der Waals surface area contributed by atoms with Crippen LogP contribution in [0.4, 0.5) is 0 Å². The van der Waals surface area contributed by atoms with Crippen molar-refractivity contribution >= 4 is 11.0 Å². The lowest BCUT2D eigenvalue weighted by molar-refractivity contribution is 0.917. The largest absolute Gasteiger partial charge is 0.347 e. The van der Waals surface area contributed by atoms with Gasteiger partial charge in [0.05, 0.1) is 11.0 Å². The van der Waals surface area contributed by atoms with Crippen molar-refractivity contribution < 1.29 is 0 Å². The number of hydrogen-bond donors (Lipinski definition) is 0. The van der Waals surface area contributed by atoms with Crippen LogP contribution in [0.2, 0.25) is 0 Å². The van der Waals surface area contributed by atoms with Gasteiger partial charge in [-0.3, -0.25) is 4.98 Å². The van der Waals surface area contributed by atoms with Crippen molar-refractivity contribution in [3.05, 3.63) is 29.6 Å². The van der Waals surface area contributed by atoms with E-state index in [9.17, 15) is 0 Å². The third-order valence-electron chi connectivity index (χ3n) is 2.27. The van der Waals surface area contributed by atoms with Gasteiger partial charge in [0, 0.05) is 18.9 Å². The quantitative estimate of drug-likeness (QED) is 0.577. The van der Waals surface area contributed by atoms with Crippen LogP contribution in [0, 0.1) is 13.8 Å². The van der Waals surface area contributed by atoms with E-state index in [-0.39, 0.29) is 0 Å². The zero-order valence-electron chi connectivity index (χ0n) is 7.63. The molecule has 0 aliphatic heterocycles. The van der Waals surface area contributed by atoms with Crippen molar-refractivity contribution in [2.24, 2.45) is 7.05 Å². The van der Waals surface area contributed by atoms with Gasteiger partial charge in [0.2, 0.25) is 0 Å². The average Bonchev–Trinajstić information content (AvgIpc) is 2.31. The van der Waals surface area contributed by atoms with Gasteiger partial charge in [0.25, 0.3) is 0 Å². The molecule has 2 nitrogen and oxygen atoms in total. The first kappa shape index (κ1) is 7.35. The third-order valence-corrected chi connectivity index (χ3v) is 2.27. The molecule has 0 saturated heterocycles. The number of fused-ring (bicyclic) bond motifs is 1. The van der Waals surface area contributed by atoms with Gasteiger partial charge in [0.15, 0.2) is 0 Å². The van der Waals surface area contributed by atoms with Crippen molar-refractivity contribution in [3.63, 3.8) is 0 Å². The van der Waals surface area contributed by atoms with Crippen molar-refractivity contribution in [2.45, 2.75) is 13.8 Å². The summed E-state index contributed by atoms with van der Waals surface area (Å²) in [6, 6.07) is 4.27. The molecule has 0 fully saturated rings. The SMILES string of the molecule is Cc1cnc2cc(C)n(C)c2c1. The summed E-state index contributed by atoms with van der Waals surface area (Å²) < 4.78 is 2.16. The Hall–Kier alpha value is -1.31. The molecule has 2 aromatic rings. The number of pyridine rings is 1. The zero-order chi connectivity index (χ0) is 8.72. The van der Waals surface area contributed by atoms with Crippen LogP contribution >= 0.6 is 0 Å². The number of aryl methyl sites for hydroxylation is 3. The molecular weight excluding hydrogens is 148 g/mol. The topological polar surface area (TPSA) is 17.8 Å². The first-order chi connectivity index (χ1) is 5.68. The summed E-state index contributed by atoms with van der Waals surface area (Å²) >= 11 is 0. The second-order valence-electron chi connectivity index (χ2n) is 3.26. The van der Waals surface area contributed by atoms with E-state index in [2.05, 4.69) is 42.6 Å². The molecule has 2 rings (SSSR count). The molecule has 0 atom stereocenters. The molecule has 2 heterocycles. The molecule has 0 radical (unpaired) electrons. The van der Waals surface area contributed by atoms with Gasteiger partial charge in [-0.1, -0.05) is 0 Å². The Morgan fingerprint density at radius 2 is 2.00 bits per heavy atom. The van der Waals surface area contributed by atoms with Gasteiger partial charge in [-0.2, -0.15) is 0 Å². The van der Waals surface area contributed by atoms with Crippen LogP contribution < -0.4 is 0 Å². The van der Waals surface area contributed by atoms with Gasteiger partial charge in [-0.15, -0.1) is 0 Å². The molecule has 0 unspecified atom stereocenters. The van der Waals surface area contributed by atoms with Crippen LogP contribution in [0.5, 0.6) is 0 Å². The molecule has 0 spiro atoms. The van der Waals surface area contributed by atoms with Crippen molar-refractivity contribution in [2.75, 3.05) is 0 Å². The van der Waals surface area contributed by atoms with Crippen molar-refractivity contribution in [1.29, 1.82) is 0 Å². The summed E-state index contributed by atoms with van der Waals surface area (Å²) in [6.07, 6.45) is 1.90. The Morgan fingerprint density at radius 1 is 1.25 bits per heavy atom. The molecule has 0 bridgehead atoms. The highest BCUT2D eigenvalue weighted by molar-refractivity contribution is 5.77. The first-order valence-corrected chi connectivity index (χ1v) is 4.07. The lowest BCUT2D eigenvalue weighted by Gasteiger charge is -1.98. The normalized spacial score (nSPS) is 10.9. The Kier molecular flexibility index (Phi) is 1.43. The summed E-state index contributed by atoms with van der Waals surface area (Å²) in [7, 11) is 2.07.